The Morgan fingerprint density at radius 2 is 2.08 bits per heavy atom. The first-order valence-electron chi connectivity index (χ1n) is 9.50. The van der Waals surface area contributed by atoms with Gasteiger partial charge in [-0.05, 0) is 37.7 Å². The van der Waals surface area contributed by atoms with Gasteiger partial charge in [0, 0.05) is 38.5 Å². The first kappa shape index (κ1) is 20.1. The van der Waals surface area contributed by atoms with Crippen LogP contribution in [0.1, 0.15) is 50.5 Å². The SMILES string of the molecule is N#CCOCCCCN1C(=O)CCCC1CCC(=O)Cc1ccccc1. The number of ketones is 1. The summed E-state index contributed by atoms with van der Waals surface area (Å²) in [6.07, 6.45) is 5.96. The summed E-state index contributed by atoms with van der Waals surface area (Å²) in [4.78, 5) is 26.5. The molecule has 1 fully saturated rings. The minimum Gasteiger partial charge on any atom is -0.367 e. The van der Waals surface area contributed by atoms with Crippen molar-refractivity contribution in [3.8, 4) is 6.07 Å². The molecule has 1 aliphatic rings. The second kappa shape index (κ2) is 11.4. The minimum absolute atomic E-state index is 0.120. The van der Waals surface area contributed by atoms with Crippen molar-refractivity contribution in [2.24, 2.45) is 0 Å². The summed E-state index contributed by atoms with van der Waals surface area (Å²) in [5.41, 5.74) is 1.05. The Bertz CT molecular complexity index is 609. The topological polar surface area (TPSA) is 70.4 Å². The van der Waals surface area contributed by atoms with Gasteiger partial charge in [-0.25, -0.2) is 0 Å². The highest BCUT2D eigenvalue weighted by Gasteiger charge is 2.27. The fourth-order valence-corrected chi connectivity index (χ4v) is 3.44. The van der Waals surface area contributed by atoms with E-state index in [2.05, 4.69) is 0 Å². The number of benzene rings is 1. The number of rotatable bonds is 11. The first-order valence-corrected chi connectivity index (χ1v) is 9.50. The lowest BCUT2D eigenvalue weighted by Gasteiger charge is -2.36. The van der Waals surface area contributed by atoms with E-state index in [4.69, 9.17) is 10.00 Å². The summed E-state index contributed by atoms with van der Waals surface area (Å²) in [5.74, 6) is 0.439. The fraction of sp³-hybridized carbons (Fsp3) is 0.571. The lowest BCUT2D eigenvalue weighted by Crippen LogP contribution is -2.44. The smallest absolute Gasteiger partial charge is 0.222 e. The van der Waals surface area contributed by atoms with Crippen LogP contribution in [0.25, 0.3) is 0 Å². The normalized spacial score (nSPS) is 17.1. The zero-order valence-electron chi connectivity index (χ0n) is 15.4. The molecule has 0 spiro atoms. The van der Waals surface area contributed by atoms with Gasteiger partial charge in [0.2, 0.25) is 5.91 Å². The highest BCUT2D eigenvalue weighted by molar-refractivity contribution is 5.81. The van der Waals surface area contributed by atoms with E-state index in [0.29, 0.717) is 32.4 Å². The number of carbonyl (C=O) groups is 2. The molecule has 5 nitrogen and oxygen atoms in total. The van der Waals surface area contributed by atoms with Crippen LogP contribution in [0, 0.1) is 11.3 Å². The van der Waals surface area contributed by atoms with Gasteiger partial charge in [-0.1, -0.05) is 30.3 Å². The summed E-state index contributed by atoms with van der Waals surface area (Å²) in [7, 11) is 0. The van der Waals surface area contributed by atoms with Crippen LogP contribution >= 0.6 is 0 Å². The predicted molar refractivity (Wildman–Crippen MR) is 99.4 cm³/mol. The fourth-order valence-electron chi connectivity index (χ4n) is 3.44. The molecule has 0 saturated carbocycles. The molecule has 1 aromatic rings. The number of amides is 1. The van der Waals surface area contributed by atoms with Crippen LogP contribution in [-0.4, -0.2) is 42.4 Å². The van der Waals surface area contributed by atoms with Gasteiger partial charge in [-0.2, -0.15) is 5.26 Å². The van der Waals surface area contributed by atoms with Gasteiger partial charge in [0.15, 0.2) is 0 Å². The van der Waals surface area contributed by atoms with Crippen LogP contribution in [0.4, 0.5) is 0 Å². The van der Waals surface area contributed by atoms with Gasteiger partial charge in [0.25, 0.3) is 0 Å². The van der Waals surface area contributed by atoms with Crippen molar-refractivity contribution < 1.29 is 14.3 Å². The molecule has 0 N–H and O–H groups in total. The van der Waals surface area contributed by atoms with Gasteiger partial charge >= 0.3 is 0 Å². The van der Waals surface area contributed by atoms with Crippen LogP contribution in [0.5, 0.6) is 0 Å². The molecule has 0 aromatic heterocycles. The summed E-state index contributed by atoms with van der Waals surface area (Å²) in [6.45, 7) is 1.39. The van der Waals surface area contributed by atoms with Crippen LogP contribution < -0.4 is 0 Å². The first-order chi connectivity index (χ1) is 12.7. The van der Waals surface area contributed by atoms with Crippen molar-refractivity contribution in [2.75, 3.05) is 19.8 Å². The van der Waals surface area contributed by atoms with E-state index in [1.807, 2.05) is 41.3 Å². The van der Waals surface area contributed by atoms with E-state index < -0.39 is 0 Å². The van der Waals surface area contributed by atoms with Crippen molar-refractivity contribution in [3.05, 3.63) is 35.9 Å². The van der Waals surface area contributed by atoms with E-state index >= 15 is 0 Å². The average Bonchev–Trinajstić information content (AvgIpc) is 2.65. The maximum absolute atomic E-state index is 12.3. The third-order valence-electron chi connectivity index (χ3n) is 4.79. The molecule has 0 bridgehead atoms. The minimum atomic E-state index is 0.120. The van der Waals surface area contributed by atoms with Crippen molar-refractivity contribution in [3.63, 3.8) is 0 Å². The summed E-state index contributed by atoms with van der Waals surface area (Å²) in [6, 6.07) is 11.9. The molecule has 0 aliphatic carbocycles. The Hall–Kier alpha value is -2.19. The standard InChI is InChI=1S/C21H28N2O3/c22-13-16-26-15-5-4-14-23-19(9-6-10-21(23)25)11-12-20(24)17-18-7-2-1-3-8-18/h1-3,7-8,19H,4-6,9-12,14-17H2. The quantitative estimate of drug-likeness (QED) is 0.571. The van der Waals surface area contributed by atoms with Gasteiger partial charge in [0.05, 0.1) is 6.07 Å². The van der Waals surface area contributed by atoms with Crippen molar-refractivity contribution in [2.45, 2.75) is 57.4 Å². The molecule has 1 saturated heterocycles. The van der Waals surface area contributed by atoms with E-state index in [1.54, 1.807) is 0 Å². The van der Waals surface area contributed by atoms with Gasteiger partial charge in [0.1, 0.15) is 12.4 Å². The van der Waals surface area contributed by atoms with E-state index in [0.717, 1.165) is 37.7 Å². The number of hydrogen-bond donors (Lipinski definition) is 0. The summed E-state index contributed by atoms with van der Waals surface area (Å²) in [5, 5.41) is 8.44. The summed E-state index contributed by atoms with van der Waals surface area (Å²) >= 11 is 0. The largest absolute Gasteiger partial charge is 0.367 e. The molecule has 1 heterocycles. The Morgan fingerprint density at radius 3 is 2.85 bits per heavy atom. The Labute approximate surface area is 155 Å². The van der Waals surface area contributed by atoms with Crippen molar-refractivity contribution in [1.82, 2.24) is 4.90 Å². The number of nitriles is 1. The van der Waals surface area contributed by atoms with Gasteiger partial charge in [-0.15, -0.1) is 0 Å². The molecule has 1 aliphatic heterocycles. The van der Waals surface area contributed by atoms with Crippen LogP contribution in [-0.2, 0) is 20.7 Å². The second-order valence-corrected chi connectivity index (χ2v) is 6.79. The highest BCUT2D eigenvalue weighted by Crippen LogP contribution is 2.23. The molecule has 5 heteroatoms. The third-order valence-corrected chi connectivity index (χ3v) is 4.79. The monoisotopic (exact) mass is 356 g/mol. The maximum atomic E-state index is 12.3. The van der Waals surface area contributed by atoms with Crippen LogP contribution in [0.15, 0.2) is 30.3 Å². The molecular formula is C21H28N2O3. The van der Waals surface area contributed by atoms with Crippen molar-refractivity contribution in [1.29, 1.82) is 5.26 Å². The number of Topliss-reactive ketones (excluding diaryl/α,β-unsaturated/α-hetero) is 1. The lowest BCUT2D eigenvalue weighted by atomic mass is 9.95. The molecular weight excluding hydrogens is 328 g/mol. The molecule has 1 atom stereocenters. The average molecular weight is 356 g/mol. The Morgan fingerprint density at radius 1 is 1.27 bits per heavy atom. The number of piperidine rings is 1. The lowest BCUT2D eigenvalue weighted by molar-refractivity contribution is -0.137. The molecule has 26 heavy (non-hydrogen) atoms. The number of carbonyl (C=O) groups excluding carboxylic acids is 2. The molecule has 140 valence electrons. The van der Waals surface area contributed by atoms with Crippen LogP contribution in [0.2, 0.25) is 0 Å². The van der Waals surface area contributed by atoms with E-state index in [1.165, 1.54) is 0 Å². The number of nitrogens with zero attached hydrogens (tertiary/aromatic N) is 2. The molecule has 0 radical (unpaired) electrons. The number of ether oxygens (including phenoxy) is 1. The van der Waals surface area contributed by atoms with Crippen molar-refractivity contribution >= 4 is 11.7 Å². The number of unbranched alkanes of at least 4 members (excludes halogenated alkanes) is 1. The zero-order valence-corrected chi connectivity index (χ0v) is 15.4. The Kier molecular flexibility index (Phi) is 8.85. The number of likely N-dealkylation sites (tertiary alicyclic amines) is 1. The molecule has 1 amide bonds. The van der Waals surface area contributed by atoms with Crippen LogP contribution in [0.3, 0.4) is 0 Å². The van der Waals surface area contributed by atoms with E-state index in [9.17, 15) is 9.59 Å². The Balaban J connectivity index is 1.75. The third kappa shape index (κ3) is 6.97. The zero-order chi connectivity index (χ0) is 18.6. The van der Waals surface area contributed by atoms with Gasteiger partial charge < -0.3 is 9.64 Å². The molecule has 1 unspecified atom stereocenters. The maximum Gasteiger partial charge on any atom is 0.222 e. The molecule has 2 rings (SSSR count). The number of hydrogen-bond acceptors (Lipinski definition) is 4. The summed E-state index contributed by atoms with van der Waals surface area (Å²) < 4.78 is 5.15. The predicted octanol–water partition coefficient (Wildman–Crippen LogP) is 3.28. The second-order valence-electron chi connectivity index (χ2n) is 6.79. The highest BCUT2D eigenvalue weighted by atomic mass is 16.5. The molecule has 1 aromatic carbocycles. The van der Waals surface area contributed by atoms with Gasteiger partial charge in [-0.3, -0.25) is 9.59 Å². The van der Waals surface area contributed by atoms with E-state index in [-0.39, 0.29) is 24.3 Å².